The summed E-state index contributed by atoms with van der Waals surface area (Å²) in [5.74, 6) is 1.72. The third kappa shape index (κ3) is 1.89. The first kappa shape index (κ1) is 12.7. The van der Waals surface area contributed by atoms with E-state index in [1.165, 1.54) is 42.6 Å². The van der Waals surface area contributed by atoms with Gasteiger partial charge in [-0.05, 0) is 39.2 Å². The first-order chi connectivity index (χ1) is 9.76. The molecule has 4 heterocycles. The van der Waals surface area contributed by atoms with Gasteiger partial charge in [0, 0.05) is 42.3 Å². The standard InChI is InChI=1S/C16H24N4/c1-3-14-13-8-17-9-15(13)19-16(18-14)10-6-11-4-5-12(7-10)20(11)2/h10-12,17H,3-9H2,1-2H3. The van der Waals surface area contributed by atoms with Crippen molar-refractivity contribution in [3.05, 3.63) is 22.8 Å². The second-order valence-corrected chi connectivity index (χ2v) is 6.63. The highest BCUT2D eigenvalue weighted by Crippen LogP contribution is 2.41. The van der Waals surface area contributed by atoms with Crippen LogP contribution in [0.1, 0.15) is 61.3 Å². The summed E-state index contributed by atoms with van der Waals surface area (Å²) in [6.45, 7) is 4.10. The summed E-state index contributed by atoms with van der Waals surface area (Å²) in [5.41, 5.74) is 3.91. The predicted molar refractivity (Wildman–Crippen MR) is 78.5 cm³/mol. The lowest BCUT2D eigenvalue weighted by Crippen LogP contribution is -2.39. The topological polar surface area (TPSA) is 41.1 Å². The van der Waals surface area contributed by atoms with Crippen LogP contribution in [0, 0.1) is 0 Å². The predicted octanol–water partition coefficient (Wildman–Crippen LogP) is 1.98. The summed E-state index contributed by atoms with van der Waals surface area (Å²) < 4.78 is 0. The highest BCUT2D eigenvalue weighted by Gasteiger charge is 2.40. The van der Waals surface area contributed by atoms with Crippen molar-refractivity contribution in [2.24, 2.45) is 0 Å². The van der Waals surface area contributed by atoms with Gasteiger partial charge in [0.2, 0.25) is 0 Å². The van der Waals surface area contributed by atoms with Crippen molar-refractivity contribution in [3.8, 4) is 0 Å². The maximum atomic E-state index is 4.94. The third-order valence-electron chi connectivity index (χ3n) is 5.59. The van der Waals surface area contributed by atoms with E-state index >= 15 is 0 Å². The minimum atomic E-state index is 0.583. The van der Waals surface area contributed by atoms with Crippen LogP contribution in [-0.2, 0) is 19.5 Å². The van der Waals surface area contributed by atoms with Crippen molar-refractivity contribution in [1.29, 1.82) is 0 Å². The van der Waals surface area contributed by atoms with Gasteiger partial charge in [-0.3, -0.25) is 0 Å². The molecule has 20 heavy (non-hydrogen) atoms. The van der Waals surface area contributed by atoms with Gasteiger partial charge in [-0.2, -0.15) is 0 Å². The minimum Gasteiger partial charge on any atom is -0.307 e. The number of nitrogens with one attached hydrogen (secondary N) is 1. The lowest BCUT2D eigenvalue weighted by atomic mass is 9.90. The van der Waals surface area contributed by atoms with E-state index in [2.05, 4.69) is 24.2 Å². The minimum absolute atomic E-state index is 0.583. The Kier molecular flexibility index (Phi) is 3.04. The Labute approximate surface area is 121 Å². The zero-order valence-electron chi connectivity index (χ0n) is 12.5. The molecule has 1 N–H and O–H groups in total. The zero-order valence-corrected chi connectivity index (χ0v) is 12.5. The molecule has 4 heteroatoms. The van der Waals surface area contributed by atoms with Crippen LogP contribution in [0.2, 0.25) is 0 Å². The van der Waals surface area contributed by atoms with E-state index in [1.807, 2.05) is 0 Å². The average Bonchev–Trinajstić information content (AvgIpc) is 2.99. The van der Waals surface area contributed by atoms with Crippen LogP contribution >= 0.6 is 0 Å². The lowest BCUT2D eigenvalue weighted by Gasteiger charge is -2.35. The maximum Gasteiger partial charge on any atom is 0.132 e. The molecule has 2 unspecified atom stereocenters. The van der Waals surface area contributed by atoms with E-state index in [9.17, 15) is 0 Å². The third-order valence-corrected chi connectivity index (χ3v) is 5.59. The first-order valence-electron chi connectivity index (χ1n) is 8.07. The number of hydrogen-bond acceptors (Lipinski definition) is 4. The summed E-state index contributed by atoms with van der Waals surface area (Å²) in [7, 11) is 2.30. The van der Waals surface area contributed by atoms with Gasteiger partial charge < -0.3 is 10.2 Å². The smallest absolute Gasteiger partial charge is 0.132 e. The average molecular weight is 272 g/mol. The highest BCUT2D eigenvalue weighted by atomic mass is 15.2. The Morgan fingerprint density at radius 1 is 1.15 bits per heavy atom. The normalized spacial score (nSPS) is 32.6. The molecular formula is C16H24N4. The van der Waals surface area contributed by atoms with Gasteiger partial charge in [0.15, 0.2) is 0 Å². The van der Waals surface area contributed by atoms with Gasteiger partial charge in [-0.25, -0.2) is 9.97 Å². The monoisotopic (exact) mass is 272 g/mol. The van der Waals surface area contributed by atoms with E-state index < -0.39 is 0 Å². The Morgan fingerprint density at radius 2 is 1.90 bits per heavy atom. The Bertz CT molecular complexity index is 513. The Balaban J connectivity index is 1.66. The molecule has 2 bridgehead atoms. The van der Waals surface area contributed by atoms with Crippen molar-refractivity contribution in [2.45, 2.75) is 70.1 Å². The maximum absolute atomic E-state index is 4.94. The molecule has 2 fully saturated rings. The second-order valence-electron chi connectivity index (χ2n) is 6.63. The van der Waals surface area contributed by atoms with Crippen molar-refractivity contribution >= 4 is 0 Å². The summed E-state index contributed by atoms with van der Waals surface area (Å²) in [5, 5.41) is 3.42. The summed E-state index contributed by atoms with van der Waals surface area (Å²) in [6.07, 6.45) is 6.26. The van der Waals surface area contributed by atoms with Crippen LogP contribution < -0.4 is 5.32 Å². The largest absolute Gasteiger partial charge is 0.307 e. The fourth-order valence-electron chi connectivity index (χ4n) is 4.36. The van der Waals surface area contributed by atoms with Gasteiger partial charge in [0.05, 0.1) is 5.69 Å². The number of fused-ring (bicyclic) bond motifs is 3. The van der Waals surface area contributed by atoms with E-state index in [1.54, 1.807) is 0 Å². The SMILES string of the molecule is CCc1nc(C2CC3CCC(C2)N3C)nc2c1CNC2. The number of nitrogens with zero attached hydrogens (tertiary/aromatic N) is 3. The zero-order chi connectivity index (χ0) is 13.7. The molecule has 1 aromatic heterocycles. The van der Waals surface area contributed by atoms with Crippen LogP contribution in [0.4, 0.5) is 0 Å². The van der Waals surface area contributed by atoms with Gasteiger partial charge in [-0.1, -0.05) is 6.92 Å². The quantitative estimate of drug-likeness (QED) is 0.894. The van der Waals surface area contributed by atoms with Crippen LogP contribution in [0.5, 0.6) is 0 Å². The molecule has 1 aromatic rings. The number of aromatic nitrogens is 2. The highest BCUT2D eigenvalue weighted by molar-refractivity contribution is 5.30. The molecule has 0 spiro atoms. The molecule has 0 aromatic carbocycles. The van der Waals surface area contributed by atoms with Crippen LogP contribution in [0.15, 0.2) is 0 Å². The fraction of sp³-hybridized carbons (Fsp3) is 0.750. The molecule has 108 valence electrons. The van der Waals surface area contributed by atoms with Crippen LogP contribution in [-0.4, -0.2) is 34.0 Å². The van der Waals surface area contributed by atoms with E-state index in [0.717, 1.165) is 37.4 Å². The number of aryl methyl sites for hydroxylation is 1. The fourth-order valence-corrected chi connectivity index (χ4v) is 4.36. The van der Waals surface area contributed by atoms with Crippen molar-refractivity contribution in [3.63, 3.8) is 0 Å². The molecule has 4 rings (SSSR count). The number of piperidine rings is 1. The molecule has 0 aliphatic carbocycles. The van der Waals surface area contributed by atoms with Gasteiger partial charge in [0.1, 0.15) is 5.82 Å². The number of rotatable bonds is 2. The first-order valence-corrected chi connectivity index (χ1v) is 8.07. The Morgan fingerprint density at radius 3 is 2.60 bits per heavy atom. The van der Waals surface area contributed by atoms with Gasteiger partial charge >= 0.3 is 0 Å². The number of hydrogen-bond donors (Lipinski definition) is 1. The molecule has 3 aliphatic heterocycles. The van der Waals surface area contributed by atoms with Crippen molar-refractivity contribution < 1.29 is 0 Å². The lowest BCUT2D eigenvalue weighted by molar-refractivity contribution is 0.158. The van der Waals surface area contributed by atoms with Gasteiger partial charge in [-0.15, -0.1) is 0 Å². The van der Waals surface area contributed by atoms with E-state index in [0.29, 0.717) is 5.92 Å². The molecule has 0 saturated carbocycles. The second kappa shape index (κ2) is 4.78. The molecule has 0 radical (unpaired) electrons. The molecular weight excluding hydrogens is 248 g/mol. The summed E-state index contributed by atoms with van der Waals surface area (Å²) >= 11 is 0. The molecule has 4 nitrogen and oxygen atoms in total. The van der Waals surface area contributed by atoms with Crippen LogP contribution in [0.3, 0.4) is 0 Å². The molecule has 0 amide bonds. The van der Waals surface area contributed by atoms with Crippen molar-refractivity contribution in [2.75, 3.05) is 7.05 Å². The van der Waals surface area contributed by atoms with E-state index in [-0.39, 0.29) is 0 Å². The van der Waals surface area contributed by atoms with Crippen molar-refractivity contribution in [1.82, 2.24) is 20.2 Å². The molecule has 2 saturated heterocycles. The van der Waals surface area contributed by atoms with Gasteiger partial charge in [0.25, 0.3) is 0 Å². The summed E-state index contributed by atoms with van der Waals surface area (Å²) in [6, 6.07) is 1.53. The molecule has 2 atom stereocenters. The van der Waals surface area contributed by atoms with E-state index in [4.69, 9.17) is 9.97 Å². The Hall–Kier alpha value is -1.00. The molecule has 3 aliphatic rings. The van der Waals surface area contributed by atoms with Crippen LogP contribution in [0.25, 0.3) is 0 Å². The summed E-state index contributed by atoms with van der Waals surface area (Å²) in [4.78, 5) is 12.4.